The Morgan fingerprint density at radius 3 is 1.77 bits per heavy atom. The number of fused-ring (bicyclic) bond motifs is 1. The van der Waals surface area contributed by atoms with Crippen LogP contribution in [0.4, 0.5) is 11.4 Å². The van der Waals surface area contributed by atoms with Crippen LogP contribution in [0, 0.1) is 6.92 Å². The van der Waals surface area contributed by atoms with Crippen molar-refractivity contribution in [3.8, 4) is 23.1 Å². The number of carboxylic acids is 5. The second-order valence-corrected chi connectivity index (χ2v) is 9.76. The Labute approximate surface area is 294 Å². The number of carbonyl (C=O) groups is 5. The van der Waals surface area contributed by atoms with E-state index in [0.29, 0.717) is 5.39 Å². The number of carboxylic acid groups (broad SMARTS) is 5. The number of hydrogen-bond donors (Lipinski definition) is 5. The van der Waals surface area contributed by atoms with Crippen molar-refractivity contribution in [2.45, 2.75) is 6.92 Å². The van der Waals surface area contributed by atoms with E-state index in [1.807, 2.05) is 0 Å². The van der Waals surface area contributed by atoms with E-state index in [9.17, 15) is 44.4 Å². The second-order valence-electron chi connectivity index (χ2n) is 9.76. The maximum absolute atomic E-state index is 11.6. The van der Waals surface area contributed by atoms with E-state index in [0.717, 1.165) is 21.6 Å². The second kappa shape index (κ2) is 16.0. The fourth-order valence-corrected chi connectivity index (χ4v) is 4.42. The molecule has 2 aromatic heterocycles. The molecule has 0 spiro atoms. The van der Waals surface area contributed by atoms with Crippen molar-refractivity contribution in [2.75, 3.05) is 49.2 Å². The van der Waals surface area contributed by atoms with Crippen LogP contribution in [-0.4, -0.2) is 137 Å². The summed E-state index contributed by atoms with van der Waals surface area (Å²) in [6.07, 6.45) is 0.995. The number of benzene rings is 2. The SMILES string of the molecule is Cc1ccc(N(CC(=O)O)CC(=O)O)c(OCCOc2cc3cc(-c4ncc(C(=O)O)o4)oc3cc2N(CC(=O)O)CC(=O)O)c1.[CaH2]. The molecule has 0 amide bonds. The van der Waals surface area contributed by atoms with Crippen LogP contribution in [0.2, 0.25) is 0 Å². The molecule has 17 nitrogen and oxygen atoms in total. The van der Waals surface area contributed by atoms with E-state index in [1.54, 1.807) is 19.1 Å². The van der Waals surface area contributed by atoms with Crippen LogP contribution in [-0.2, 0) is 19.2 Å². The summed E-state index contributed by atoms with van der Waals surface area (Å²) < 4.78 is 22.7. The summed E-state index contributed by atoms with van der Waals surface area (Å²) >= 11 is 0. The van der Waals surface area contributed by atoms with Gasteiger partial charge in [0, 0.05) is 11.5 Å². The minimum absolute atomic E-state index is 0. The normalized spacial score (nSPS) is 10.6. The number of hydrogen-bond acceptors (Lipinski definition) is 12. The minimum atomic E-state index is -1.35. The Bertz CT molecular complexity index is 1770. The number of aromatic carboxylic acids is 1. The molecule has 0 fully saturated rings. The Hall–Kier alpha value is -5.00. The number of aryl methyl sites for hydroxylation is 1. The topological polar surface area (TPSA) is 251 Å². The molecule has 4 aromatic rings. The standard InChI is InChI=1S/C29H27N3O14.Ca.2H/c1-15-2-3-17(31(11-24(33)34)12-25(35)36)20(6-15)43-4-5-44-21-7-16-8-22(28-30-10-23(46-28)29(41)42)45-19(16)9-18(21)32(13-26(37)38)14-27(39)40;;;/h2-3,6-10H,4-5,11-14H2,1H3,(H,33,34)(H,35,36)(H,37,38)(H,39,40)(H,41,42);;;. The molecular weight excluding hydrogens is 654 g/mol. The Morgan fingerprint density at radius 2 is 1.26 bits per heavy atom. The Balaban J connectivity index is 0.00000600. The van der Waals surface area contributed by atoms with Gasteiger partial charge in [-0.2, -0.15) is 0 Å². The summed E-state index contributed by atoms with van der Waals surface area (Å²) in [7, 11) is 0. The van der Waals surface area contributed by atoms with Gasteiger partial charge >= 0.3 is 67.6 Å². The molecule has 47 heavy (non-hydrogen) atoms. The molecule has 0 aliphatic carbocycles. The number of furan rings is 1. The first-order valence-electron chi connectivity index (χ1n) is 13.3. The van der Waals surface area contributed by atoms with Crippen molar-refractivity contribution in [3.05, 3.63) is 53.9 Å². The first kappa shape index (κ1) is 36.5. The first-order chi connectivity index (χ1) is 21.8. The molecule has 5 N–H and O–H groups in total. The molecular formula is C29H29CaN3O14. The molecule has 18 heteroatoms. The van der Waals surface area contributed by atoms with Gasteiger partial charge in [0.2, 0.25) is 5.76 Å². The fourth-order valence-electron chi connectivity index (χ4n) is 4.42. The van der Waals surface area contributed by atoms with Crippen LogP contribution in [0.25, 0.3) is 22.6 Å². The van der Waals surface area contributed by atoms with Gasteiger partial charge in [-0.1, -0.05) is 6.07 Å². The quantitative estimate of drug-likeness (QED) is 0.0782. The molecule has 0 radical (unpaired) electrons. The van der Waals surface area contributed by atoms with Gasteiger partial charge < -0.3 is 53.6 Å². The number of aromatic nitrogens is 1. The van der Waals surface area contributed by atoms with Gasteiger partial charge in [-0.25, -0.2) is 9.78 Å². The van der Waals surface area contributed by atoms with Gasteiger partial charge in [-0.15, -0.1) is 0 Å². The van der Waals surface area contributed by atoms with Crippen molar-refractivity contribution in [1.82, 2.24) is 4.98 Å². The van der Waals surface area contributed by atoms with Crippen molar-refractivity contribution in [1.29, 1.82) is 0 Å². The number of nitrogens with zero attached hydrogens (tertiary/aromatic N) is 3. The molecule has 0 bridgehead atoms. The van der Waals surface area contributed by atoms with Gasteiger partial charge in [-0.05, 0) is 36.8 Å². The molecule has 246 valence electrons. The van der Waals surface area contributed by atoms with E-state index >= 15 is 0 Å². The Morgan fingerprint density at radius 1 is 0.723 bits per heavy atom. The van der Waals surface area contributed by atoms with Gasteiger partial charge in [0.25, 0.3) is 5.89 Å². The van der Waals surface area contributed by atoms with Crippen LogP contribution >= 0.6 is 0 Å². The zero-order chi connectivity index (χ0) is 33.5. The van der Waals surface area contributed by atoms with Crippen molar-refractivity contribution < 1.29 is 67.8 Å². The number of oxazole rings is 1. The first-order valence-corrected chi connectivity index (χ1v) is 13.3. The predicted octanol–water partition coefficient (Wildman–Crippen LogP) is 1.59. The van der Waals surface area contributed by atoms with Crippen LogP contribution in [0.1, 0.15) is 16.1 Å². The third-order valence-electron chi connectivity index (χ3n) is 6.22. The van der Waals surface area contributed by atoms with E-state index in [1.165, 1.54) is 24.3 Å². The van der Waals surface area contributed by atoms with Crippen LogP contribution in [0.5, 0.6) is 11.5 Å². The molecule has 0 aliphatic heterocycles. The number of rotatable bonds is 17. The van der Waals surface area contributed by atoms with Gasteiger partial charge in [0.15, 0.2) is 5.76 Å². The van der Waals surface area contributed by atoms with Crippen LogP contribution in [0.15, 0.2) is 51.4 Å². The maximum atomic E-state index is 11.6. The summed E-state index contributed by atoms with van der Waals surface area (Å²) in [4.78, 5) is 63.1. The molecule has 0 saturated heterocycles. The summed E-state index contributed by atoms with van der Waals surface area (Å²) in [5, 5.41) is 47.0. The third kappa shape index (κ3) is 9.74. The zero-order valence-electron chi connectivity index (χ0n) is 24.0. The van der Waals surface area contributed by atoms with E-state index in [4.69, 9.17) is 23.4 Å². The average Bonchev–Trinajstić information content (AvgIpc) is 3.61. The average molecular weight is 684 g/mol. The molecule has 2 aromatic carbocycles. The van der Waals surface area contributed by atoms with E-state index in [-0.39, 0.29) is 91.1 Å². The van der Waals surface area contributed by atoms with Gasteiger partial charge in [0.05, 0.1) is 17.6 Å². The summed E-state index contributed by atoms with van der Waals surface area (Å²) in [5.41, 5.74) is 1.16. The number of anilines is 2. The molecule has 0 atom stereocenters. The fraction of sp³-hybridized carbons (Fsp3) is 0.241. The number of aliphatic carboxylic acids is 4. The monoisotopic (exact) mass is 683 g/mol. The molecule has 2 heterocycles. The predicted molar refractivity (Wildman–Crippen MR) is 164 cm³/mol. The summed E-state index contributed by atoms with van der Waals surface area (Å²) in [6, 6.07) is 9.07. The van der Waals surface area contributed by atoms with Crippen LogP contribution in [0.3, 0.4) is 0 Å². The van der Waals surface area contributed by atoms with Crippen LogP contribution < -0.4 is 19.3 Å². The molecule has 0 saturated carbocycles. The third-order valence-corrected chi connectivity index (χ3v) is 6.22. The zero-order valence-corrected chi connectivity index (χ0v) is 24.0. The summed E-state index contributed by atoms with van der Waals surface area (Å²) in [6.45, 7) is -1.20. The van der Waals surface area contributed by atoms with Gasteiger partial charge in [0.1, 0.15) is 56.5 Å². The summed E-state index contributed by atoms with van der Waals surface area (Å²) in [5.74, 6) is -6.80. The Kier molecular flexibility index (Phi) is 12.4. The van der Waals surface area contributed by atoms with Crippen molar-refractivity contribution in [2.24, 2.45) is 0 Å². The van der Waals surface area contributed by atoms with E-state index in [2.05, 4.69) is 4.98 Å². The molecule has 4 rings (SSSR count). The molecule has 0 aliphatic rings. The van der Waals surface area contributed by atoms with Crippen molar-refractivity contribution >= 4 is 89.9 Å². The molecule has 0 unspecified atom stereocenters. The van der Waals surface area contributed by atoms with Crippen molar-refractivity contribution in [3.63, 3.8) is 0 Å². The van der Waals surface area contributed by atoms with E-state index < -0.39 is 61.8 Å². The number of ether oxygens (including phenoxy) is 2. The van der Waals surface area contributed by atoms with Gasteiger partial charge in [-0.3, -0.25) is 19.2 Å².